The number of rotatable bonds is 2. The third kappa shape index (κ3) is 12.0. The van der Waals surface area contributed by atoms with E-state index in [1.165, 1.54) is 79.2 Å². The van der Waals surface area contributed by atoms with Crippen LogP contribution >= 0.6 is 11.6 Å². The van der Waals surface area contributed by atoms with E-state index in [1.807, 2.05) is 78.9 Å². The Hall–Kier alpha value is -4.42. The van der Waals surface area contributed by atoms with Gasteiger partial charge in [-0.3, -0.25) is 0 Å². The SMILES string of the molecule is CC(C)(C)c1cc2c(cc1-c1ccccc1)[cH-]c1cc(-c3ccccc3)c(C(C)(C)C)cc12.Clc1c[c-]ccc1.[CH2]=[Zr].[c-]1ccccc1.c1cc[cH-]c1. The fourth-order valence-corrected chi connectivity index (χ4v) is 6.23. The maximum absolute atomic E-state index is 5.51. The molecule has 0 aromatic heterocycles. The monoisotopic (exact) mass is 786 g/mol. The minimum atomic E-state index is 0.0554. The van der Waals surface area contributed by atoms with Crippen LogP contribution in [0.4, 0.5) is 0 Å². The average molecular weight is 789 g/mol. The first-order valence-electron chi connectivity index (χ1n) is 17.9. The molecule has 8 aromatic carbocycles. The molecule has 0 saturated carbocycles. The van der Waals surface area contributed by atoms with Gasteiger partial charge in [-0.15, -0.1) is 39.7 Å². The Morgan fingerprint density at radius 3 is 1.25 bits per heavy atom. The van der Waals surface area contributed by atoms with Crippen molar-refractivity contribution >= 4 is 37.4 Å². The van der Waals surface area contributed by atoms with Gasteiger partial charge in [-0.05, 0) is 44.2 Å². The zero-order valence-corrected chi connectivity index (χ0v) is 35.0. The molecule has 53 heavy (non-hydrogen) atoms. The minimum absolute atomic E-state index is 0.0554. The Morgan fingerprint density at radius 2 is 0.962 bits per heavy atom. The molecule has 8 rings (SSSR count). The van der Waals surface area contributed by atoms with E-state index >= 15 is 0 Å². The molecule has 0 fully saturated rings. The molecule has 0 atom stereocenters. The van der Waals surface area contributed by atoms with E-state index in [0.717, 1.165) is 5.02 Å². The summed E-state index contributed by atoms with van der Waals surface area (Å²) >= 11 is 6.81. The van der Waals surface area contributed by atoms with Gasteiger partial charge in [0.2, 0.25) is 0 Å². The summed E-state index contributed by atoms with van der Waals surface area (Å²) in [7, 11) is 0. The molecule has 0 aliphatic carbocycles. The van der Waals surface area contributed by atoms with Gasteiger partial charge in [0.15, 0.2) is 0 Å². The summed E-state index contributed by atoms with van der Waals surface area (Å²) in [4.78, 5) is 0. The molecular weight excluding hydrogens is 739 g/mol. The first kappa shape index (κ1) is 41.3. The summed E-state index contributed by atoms with van der Waals surface area (Å²) < 4.78 is 3.34. The van der Waals surface area contributed by atoms with Crippen molar-refractivity contribution < 1.29 is 24.2 Å². The topological polar surface area (TPSA) is 0 Å². The molecule has 0 radical (unpaired) electrons. The molecule has 0 unspecified atom stereocenters. The summed E-state index contributed by atoms with van der Waals surface area (Å²) in [5.41, 5.74) is 8.16. The standard InChI is InChI=1S/C33H33.C6H4Cl.C6H5.C5H5.CH2.Zr/c1-32(2,3)30-20-26-24(18-28(30)22-13-9-7-10-14-22)17-25-19-29(23-15-11-8-12-16-23)31(21-27(25)26)33(4,5)6;7-6-4-2-1-3-5-6;1-2-4-6-5-3-1;1-2-4-5-3-1;;/h7-21H,1-6H3;1-2,4-5H;1-5H;1-5H;1H2;/q4*-1;;. The second-order valence-corrected chi connectivity index (χ2v) is 15.0. The predicted molar refractivity (Wildman–Crippen MR) is 230 cm³/mol. The molecule has 0 heterocycles. The van der Waals surface area contributed by atoms with Gasteiger partial charge in [-0.25, -0.2) is 12.1 Å². The fraction of sp³-hybridized carbons (Fsp3) is 0.157. The molecule has 2 heteroatoms. The smallest absolute Gasteiger partial charge is 0.171 e. The second kappa shape index (κ2) is 20.2. The van der Waals surface area contributed by atoms with Crippen molar-refractivity contribution in [2.24, 2.45) is 0 Å². The van der Waals surface area contributed by atoms with Crippen LogP contribution in [0.15, 0.2) is 176 Å². The quantitative estimate of drug-likeness (QED) is 0.153. The van der Waals surface area contributed by atoms with Gasteiger partial charge in [0, 0.05) is 0 Å². The molecule has 0 N–H and O–H groups in total. The van der Waals surface area contributed by atoms with Gasteiger partial charge in [0.05, 0.1) is 0 Å². The minimum Gasteiger partial charge on any atom is -0.214 e. The van der Waals surface area contributed by atoms with Crippen LogP contribution in [0.5, 0.6) is 0 Å². The third-order valence-electron chi connectivity index (χ3n) is 8.60. The van der Waals surface area contributed by atoms with Gasteiger partial charge < -0.3 is 0 Å². The number of halogens is 1. The van der Waals surface area contributed by atoms with E-state index in [2.05, 4.69) is 149 Å². The molecule has 0 aliphatic heterocycles. The van der Waals surface area contributed by atoms with Crippen molar-refractivity contribution in [2.45, 2.75) is 52.4 Å². The van der Waals surface area contributed by atoms with Crippen LogP contribution in [0.3, 0.4) is 0 Å². The number of fused-ring (bicyclic) bond motifs is 3. The molecule has 8 aromatic rings. The summed E-state index contributed by atoms with van der Waals surface area (Å²) in [6, 6.07) is 66.3. The van der Waals surface area contributed by atoms with E-state index in [4.69, 9.17) is 11.6 Å². The average Bonchev–Trinajstić information content (AvgIpc) is 3.88. The van der Waals surface area contributed by atoms with Gasteiger partial charge in [-0.2, -0.15) is 96.5 Å². The van der Waals surface area contributed by atoms with Crippen LogP contribution in [0, 0.1) is 12.1 Å². The molecular formula is C51H49ClZr-4. The maximum atomic E-state index is 5.51. The largest absolute Gasteiger partial charge is 0.214 e. The Balaban J connectivity index is 0.000000252. The Kier molecular flexibility index (Phi) is 15.7. The van der Waals surface area contributed by atoms with Gasteiger partial charge in [-0.1, -0.05) is 119 Å². The van der Waals surface area contributed by atoms with Gasteiger partial charge in [0.1, 0.15) is 0 Å². The van der Waals surface area contributed by atoms with Crippen molar-refractivity contribution in [3.05, 3.63) is 204 Å². The van der Waals surface area contributed by atoms with Crippen molar-refractivity contribution in [3.8, 4) is 22.3 Å². The van der Waals surface area contributed by atoms with Crippen LogP contribution in [0.25, 0.3) is 43.8 Å². The van der Waals surface area contributed by atoms with Crippen LogP contribution in [-0.2, 0) is 35.1 Å². The zero-order valence-electron chi connectivity index (χ0n) is 31.8. The van der Waals surface area contributed by atoms with Crippen molar-refractivity contribution in [1.29, 1.82) is 0 Å². The van der Waals surface area contributed by atoms with E-state index in [9.17, 15) is 0 Å². The Morgan fingerprint density at radius 1 is 0.528 bits per heavy atom. The Labute approximate surface area is 338 Å². The van der Waals surface area contributed by atoms with E-state index in [1.54, 1.807) is 6.07 Å². The number of benzene rings is 6. The molecule has 0 amide bonds. The van der Waals surface area contributed by atoms with Crippen LogP contribution in [-0.4, -0.2) is 4.21 Å². The first-order chi connectivity index (χ1) is 25.5. The summed E-state index contributed by atoms with van der Waals surface area (Å²) in [5.74, 6) is 0. The van der Waals surface area contributed by atoms with Crippen LogP contribution in [0.1, 0.15) is 52.7 Å². The van der Waals surface area contributed by atoms with Crippen LogP contribution < -0.4 is 0 Å². The normalized spacial score (nSPS) is 10.7. The summed E-state index contributed by atoms with van der Waals surface area (Å²) in [5, 5.41) is 6.10. The van der Waals surface area contributed by atoms with Crippen molar-refractivity contribution in [2.75, 3.05) is 0 Å². The fourth-order valence-electron chi connectivity index (χ4n) is 6.09. The van der Waals surface area contributed by atoms with E-state index < -0.39 is 0 Å². The van der Waals surface area contributed by atoms with Crippen molar-refractivity contribution in [3.63, 3.8) is 0 Å². The number of hydrogen-bond acceptors (Lipinski definition) is 0. The zero-order chi connectivity index (χ0) is 38.3. The first-order valence-corrected chi connectivity index (χ1v) is 20.0. The molecule has 0 spiro atoms. The molecule has 268 valence electrons. The second-order valence-electron chi connectivity index (χ2n) is 14.6. The molecule has 0 aliphatic rings. The number of hydrogen-bond donors (Lipinski definition) is 0. The molecule has 0 saturated heterocycles. The van der Waals surface area contributed by atoms with Crippen molar-refractivity contribution in [1.82, 2.24) is 0 Å². The Bertz CT molecular complexity index is 2040. The van der Waals surface area contributed by atoms with E-state index in [0.29, 0.717) is 0 Å². The van der Waals surface area contributed by atoms with Gasteiger partial charge in [0.25, 0.3) is 0 Å². The van der Waals surface area contributed by atoms with E-state index in [-0.39, 0.29) is 10.8 Å². The predicted octanol–water partition coefficient (Wildman–Crippen LogP) is 14.6. The summed E-state index contributed by atoms with van der Waals surface area (Å²) in [6.45, 7) is 13.9. The third-order valence-corrected chi connectivity index (χ3v) is 8.83. The molecule has 0 bridgehead atoms. The van der Waals surface area contributed by atoms with Crippen LogP contribution in [0.2, 0.25) is 5.02 Å². The van der Waals surface area contributed by atoms with Gasteiger partial charge >= 0.3 is 28.4 Å². The maximum Gasteiger partial charge on any atom is -0.171 e. The summed E-state index contributed by atoms with van der Waals surface area (Å²) in [6.07, 6.45) is 0. The molecule has 0 nitrogen and oxygen atoms in total.